The molecule has 2 heterocycles. The van der Waals surface area contributed by atoms with Gasteiger partial charge in [0.1, 0.15) is 0 Å². The van der Waals surface area contributed by atoms with Crippen molar-refractivity contribution in [2.45, 2.75) is 18.6 Å². The van der Waals surface area contributed by atoms with Crippen LogP contribution >= 0.6 is 0 Å². The van der Waals surface area contributed by atoms with E-state index in [2.05, 4.69) is 11.9 Å². The van der Waals surface area contributed by atoms with Crippen LogP contribution in [0.5, 0.6) is 23.0 Å². The molecule has 2 aromatic rings. The fourth-order valence-corrected chi connectivity index (χ4v) is 4.49. The average molecular weight is 355 g/mol. The van der Waals surface area contributed by atoms with E-state index in [9.17, 15) is 5.11 Å². The standard InChI is InChI=1S/C20H21NO5/c1-21-8-14(22)12-7-17-20(26-9-25-17)19-11-6-16(24-3)15(23-2)5-10(11)4-13(21)18(12)19/h5-7,13-14,22H,4,8-9H2,1-3H3/t13-,14+/m0/s1. The predicted molar refractivity (Wildman–Crippen MR) is 95.1 cm³/mol. The van der Waals surface area contributed by atoms with E-state index in [1.807, 2.05) is 18.2 Å². The Morgan fingerprint density at radius 3 is 2.65 bits per heavy atom. The Morgan fingerprint density at radius 2 is 1.88 bits per heavy atom. The third kappa shape index (κ3) is 2.00. The van der Waals surface area contributed by atoms with Crippen LogP contribution in [-0.2, 0) is 6.42 Å². The van der Waals surface area contributed by atoms with Crippen molar-refractivity contribution in [3.63, 3.8) is 0 Å². The topological polar surface area (TPSA) is 60.4 Å². The van der Waals surface area contributed by atoms with Crippen molar-refractivity contribution in [1.29, 1.82) is 0 Å². The van der Waals surface area contributed by atoms with Crippen LogP contribution in [0.15, 0.2) is 18.2 Å². The first-order chi connectivity index (χ1) is 12.6. The largest absolute Gasteiger partial charge is 0.493 e. The van der Waals surface area contributed by atoms with Crippen LogP contribution in [0.2, 0.25) is 0 Å². The first-order valence-corrected chi connectivity index (χ1v) is 8.72. The minimum Gasteiger partial charge on any atom is -0.493 e. The van der Waals surface area contributed by atoms with E-state index in [4.69, 9.17) is 18.9 Å². The number of aliphatic hydroxyl groups is 1. The van der Waals surface area contributed by atoms with E-state index in [-0.39, 0.29) is 12.8 Å². The monoisotopic (exact) mass is 355 g/mol. The number of ether oxygens (including phenoxy) is 4. The number of hydrogen-bond acceptors (Lipinski definition) is 6. The summed E-state index contributed by atoms with van der Waals surface area (Å²) in [6.07, 6.45) is 0.305. The van der Waals surface area contributed by atoms with Gasteiger partial charge in [-0.3, -0.25) is 4.90 Å². The molecule has 0 amide bonds. The number of rotatable bonds is 2. The lowest BCUT2D eigenvalue weighted by atomic mass is 9.76. The third-order valence-corrected chi connectivity index (χ3v) is 5.71. The molecule has 5 rings (SSSR count). The molecular formula is C20H21NO5. The molecule has 6 heteroatoms. The van der Waals surface area contributed by atoms with E-state index in [0.717, 1.165) is 40.2 Å². The van der Waals surface area contributed by atoms with Crippen LogP contribution in [0, 0.1) is 0 Å². The Kier molecular flexibility index (Phi) is 3.36. The van der Waals surface area contributed by atoms with Crippen molar-refractivity contribution in [2.24, 2.45) is 0 Å². The maximum absolute atomic E-state index is 10.7. The van der Waals surface area contributed by atoms with Crippen LogP contribution in [0.1, 0.15) is 28.8 Å². The Morgan fingerprint density at radius 1 is 1.12 bits per heavy atom. The SMILES string of the molecule is COc1cc2c(cc1OC)-c1c3c(cc4c1[C@H](C2)N(C)C[C@H]4O)OCO3. The molecule has 1 N–H and O–H groups in total. The number of nitrogens with zero attached hydrogens (tertiary/aromatic N) is 1. The van der Waals surface area contributed by atoms with Gasteiger partial charge in [0.05, 0.1) is 20.3 Å². The number of fused-ring (bicyclic) bond motifs is 4. The second-order valence-corrected chi connectivity index (χ2v) is 7.03. The van der Waals surface area contributed by atoms with Gasteiger partial charge in [0, 0.05) is 18.2 Å². The van der Waals surface area contributed by atoms with Gasteiger partial charge in [-0.2, -0.15) is 0 Å². The Hall–Kier alpha value is -2.44. The molecule has 0 saturated carbocycles. The zero-order valence-electron chi connectivity index (χ0n) is 15.0. The van der Waals surface area contributed by atoms with Gasteiger partial charge < -0.3 is 24.1 Å². The lowest BCUT2D eigenvalue weighted by molar-refractivity contribution is 0.0831. The number of likely N-dealkylation sites (N-methyl/N-ethyl adjacent to an activating group) is 1. The summed E-state index contributed by atoms with van der Waals surface area (Å²) in [5.74, 6) is 2.85. The molecule has 0 aromatic heterocycles. The maximum Gasteiger partial charge on any atom is 0.231 e. The number of hydrogen-bond donors (Lipinski definition) is 1. The summed E-state index contributed by atoms with van der Waals surface area (Å²) in [5, 5.41) is 10.7. The van der Waals surface area contributed by atoms with Gasteiger partial charge in [-0.05, 0) is 53.9 Å². The summed E-state index contributed by atoms with van der Waals surface area (Å²) in [6.45, 7) is 0.795. The van der Waals surface area contributed by atoms with Gasteiger partial charge in [0.15, 0.2) is 23.0 Å². The molecule has 1 aliphatic carbocycles. The predicted octanol–water partition coefficient (Wildman–Crippen LogP) is 2.68. The fourth-order valence-electron chi connectivity index (χ4n) is 4.49. The molecule has 3 aliphatic rings. The smallest absolute Gasteiger partial charge is 0.231 e. The molecular weight excluding hydrogens is 334 g/mol. The van der Waals surface area contributed by atoms with E-state index in [1.54, 1.807) is 14.2 Å². The molecule has 2 atom stereocenters. The highest BCUT2D eigenvalue weighted by molar-refractivity contribution is 5.85. The van der Waals surface area contributed by atoms with Crippen LogP contribution in [0.25, 0.3) is 11.1 Å². The van der Waals surface area contributed by atoms with Crippen LogP contribution in [0.3, 0.4) is 0 Å². The molecule has 0 saturated heterocycles. The quantitative estimate of drug-likeness (QED) is 0.894. The Labute approximate surface area is 151 Å². The number of methoxy groups -OCH3 is 2. The van der Waals surface area contributed by atoms with E-state index in [0.29, 0.717) is 18.0 Å². The van der Waals surface area contributed by atoms with Crippen molar-refractivity contribution in [1.82, 2.24) is 4.90 Å². The van der Waals surface area contributed by atoms with E-state index >= 15 is 0 Å². The molecule has 6 nitrogen and oxygen atoms in total. The minimum absolute atomic E-state index is 0.184. The molecule has 0 unspecified atom stereocenters. The molecule has 0 spiro atoms. The van der Waals surface area contributed by atoms with Crippen molar-refractivity contribution < 1.29 is 24.1 Å². The molecule has 0 bridgehead atoms. The summed E-state index contributed by atoms with van der Waals surface area (Å²) < 4.78 is 22.5. The van der Waals surface area contributed by atoms with Gasteiger partial charge in [-0.25, -0.2) is 0 Å². The second kappa shape index (κ2) is 5.53. The van der Waals surface area contributed by atoms with E-state index < -0.39 is 6.10 Å². The molecule has 2 aromatic carbocycles. The third-order valence-electron chi connectivity index (χ3n) is 5.71. The summed E-state index contributed by atoms with van der Waals surface area (Å²) in [7, 11) is 5.34. The summed E-state index contributed by atoms with van der Waals surface area (Å²) in [4.78, 5) is 2.21. The Bertz CT molecular complexity index is 910. The van der Waals surface area contributed by atoms with Crippen molar-refractivity contribution in [3.8, 4) is 34.1 Å². The van der Waals surface area contributed by atoms with Crippen LogP contribution < -0.4 is 18.9 Å². The lowest BCUT2D eigenvalue weighted by Gasteiger charge is -2.42. The summed E-state index contributed by atoms with van der Waals surface area (Å²) >= 11 is 0. The summed E-state index contributed by atoms with van der Waals surface area (Å²) in [5.41, 5.74) is 5.31. The Balaban J connectivity index is 1.85. The van der Waals surface area contributed by atoms with Gasteiger partial charge >= 0.3 is 0 Å². The van der Waals surface area contributed by atoms with Crippen LogP contribution in [-0.4, -0.2) is 44.6 Å². The fraction of sp³-hybridized carbons (Fsp3) is 0.400. The highest BCUT2D eigenvalue weighted by atomic mass is 16.7. The number of benzene rings is 2. The first kappa shape index (κ1) is 15.8. The van der Waals surface area contributed by atoms with Crippen molar-refractivity contribution >= 4 is 0 Å². The minimum atomic E-state index is -0.541. The van der Waals surface area contributed by atoms with Crippen molar-refractivity contribution in [2.75, 3.05) is 34.6 Å². The van der Waals surface area contributed by atoms with Gasteiger partial charge in [0.2, 0.25) is 6.79 Å². The molecule has 0 fully saturated rings. The van der Waals surface area contributed by atoms with E-state index in [1.165, 1.54) is 5.56 Å². The first-order valence-electron chi connectivity index (χ1n) is 8.72. The highest BCUT2D eigenvalue weighted by Crippen LogP contribution is 2.56. The maximum atomic E-state index is 10.7. The number of aliphatic hydroxyl groups excluding tert-OH is 1. The zero-order valence-corrected chi connectivity index (χ0v) is 15.0. The normalized spacial score (nSPS) is 22.6. The molecule has 2 aliphatic heterocycles. The number of β-amino-alcohol motifs (C(OH)–C–C–N with tert-alkyl or cyclic N) is 1. The van der Waals surface area contributed by atoms with Gasteiger partial charge in [-0.1, -0.05) is 0 Å². The highest BCUT2D eigenvalue weighted by Gasteiger charge is 2.40. The summed E-state index contributed by atoms with van der Waals surface area (Å²) in [6, 6.07) is 6.18. The lowest BCUT2D eigenvalue weighted by Crippen LogP contribution is -2.38. The van der Waals surface area contributed by atoms with Crippen molar-refractivity contribution in [3.05, 3.63) is 34.9 Å². The van der Waals surface area contributed by atoms with Crippen LogP contribution in [0.4, 0.5) is 0 Å². The molecule has 136 valence electrons. The van der Waals surface area contributed by atoms with Gasteiger partial charge in [0.25, 0.3) is 0 Å². The molecule has 26 heavy (non-hydrogen) atoms. The average Bonchev–Trinajstić information content (AvgIpc) is 3.12. The second-order valence-electron chi connectivity index (χ2n) is 7.03. The zero-order chi connectivity index (χ0) is 18.0. The molecule has 0 radical (unpaired) electrons. The van der Waals surface area contributed by atoms with Gasteiger partial charge in [-0.15, -0.1) is 0 Å².